The van der Waals surface area contributed by atoms with Crippen LogP contribution in [-0.4, -0.2) is 50.9 Å². The minimum Gasteiger partial charge on any atom is -0.292 e. The van der Waals surface area contributed by atoms with Gasteiger partial charge in [-0.1, -0.05) is 109 Å². The number of nitrogens with one attached hydrogen (secondary N) is 1. The SMILES string of the molecule is Cc1ccc(S(=O)(=O)NCC(c2ccccc2)N2CCN(C(c3ccccc3)c3ccccc3)CC2)cc1. The van der Waals surface area contributed by atoms with Crippen molar-refractivity contribution in [3.63, 3.8) is 0 Å². The predicted octanol–water partition coefficient (Wildman–Crippen LogP) is 5.42. The minimum atomic E-state index is -3.60. The van der Waals surface area contributed by atoms with Crippen LogP contribution in [0.3, 0.4) is 0 Å². The molecule has 0 spiro atoms. The summed E-state index contributed by atoms with van der Waals surface area (Å²) >= 11 is 0. The fourth-order valence-corrected chi connectivity index (χ4v) is 6.35. The number of piperazine rings is 1. The summed E-state index contributed by atoms with van der Waals surface area (Å²) in [6.45, 7) is 5.76. The molecule has 1 unspecified atom stereocenters. The normalized spacial score (nSPS) is 15.9. The van der Waals surface area contributed by atoms with Gasteiger partial charge >= 0.3 is 0 Å². The zero-order valence-electron chi connectivity index (χ0n) is 21.8. The highest BCUT2D eigenvalue weighted by Gasteiger charge is 2.30. The van der Waals surface area contributed by atoms with Crippen molar-refractivity contribution in [1.29, 1.82) is 0 Å². The molecule has 0 bridgehead atoms. The first kappa shape index (κ1) is 26.3. The zero-order valence-corrected chi connectivity index (χ0v) is 22.6. The molecular formula is C32H35N3O2S. The van der Waals surface area contributed by atoms with Crippen molar-refractivity contribution in [2.75, 3.05) is 32.7 Å². The molecule has 196 valence electrons. The molecule has 0 amide bonds. The number of rotatable bonds is 9. The molecule has 4 aromatic carbocycles. The van der Waals surface area contributed by atoms with E-state index in [1.54, 1.807) is 12.1 Å². The Morgan fingerprint density at radius 1 is 0.632 bits per heavy atom. The van der Waals surface area contributed by atoms with Gasteiger partial charge in [0.2, 0.25) is 10.0 Å². The van der Waals surface area contributed by atoms with Crippen LogP contribution >= 0.6 is 0 Å². The quantitative estimate of drug-likeness (QED) is 0.317. The van der Waals surface area contributed by atoms with Crippen molar-refractivity contribution in [2.24, 2.45) is 0 Å². The second-order valence-corrected chi connectivity index (χ2v) is 11.7. The van der Waals surface area contributed by atoms with Crippen LogP contribution in [0.4, 0.5) is 0 Å². The molecule has 5 nitrogen and oxygen atoms in total. The van der Waals surface area contributed by atoms with Gasteiger partial charge in [0, 0.05) is 38.8 Å². The summed E-state index contributed by atoms with van der Waals surface area (Å²) in [6, 6.07) is 38.7. The van der Waals surface area contributed by atoms with Crippen LogP contribution in [0.2, 0.25) is 0 Å². The maximum Gasteiger partial charge on any atom is 0.240 e. The largest absolute Gasteiger partial charge is 0.292 e. The summed E-state index contributed by atoms with van der Waals surface area (Å²) in [5.41, 5.74) is 4.73. The van der Waals surface area contributed by atoms with E-state index in [0.29, 0.717) is 11.4 Å². The molecule has 0 aromatic heterocycles. The second-order valence-electron chi connectivity index (χ2n) is 9.89. The van der Waals surface area contributed by atoms with Crippen LogP contribution in [0.1, 0.15) is 34.3 Å². The van der Waals surface area contributed by atoms with E-state index in [0.717, 1.165) is 37.3 Å². The van der Waals surface area contributed by atoms with Crippen LogP contribution in [0.25, 0.3) is 0 Å². The van der Waals surface area contributed by atoms with E-state index in [-0.39, 0.29) is 12.1 Å². The first-order valence-electron chi connectivity index (χ1n) is 13.2. The topological polar surface area (TPSA) is 52.7 Å². The van der Waals surface area contributed by atoms with Gasteiger partial charge in [0.05, 0.1) is 10.9 Å². The van der Waals surface area contributed by atoms with Crippen molar-refractivity contribution in [1.82, 2.24) is 14.5 Å². The monoisotopic (exact) mass is 525 g/mol. The summed E-state index contributed by atoms with van der Waals surface area (Å²) in [5, 5.41) is 0. The highest BCUT2D eigenvalue weighted by atomic mass is 32.2. The summed E-state index contributed by atoms with van der Waals surface area (Å²) < 4.78 is 29.1. The summed E-state index contributed by atoms with van der Waals surface area (Å²) in [4.78, 5) is 5.25. The number of sulfonamides is 1. The third kappa shape index (κ3) is 6.22. The van der Waals surface area contributed by atoms with Crippen LogP contribution in [0.15, 0.2) is 120 Å². The lowest BCUT2D eigenvalue weighted by Crippen LogP contribution is -2.50. The molecule has 6 heteroatoms. The van der Waals surface area contributed by atoms with E-state index < -0.39 is 10.0 Å². The molecule has 1 N–H and O–H groups in total. The fourth-order valence-electron chi connectivity index (χ4n) is 5.31. The van der Waals surface area contributed by atoms with Crippen molar-refractivity contribution >= 4 is 10.0 Å². The first-order valence-corrected chi connectivity index (χ1v) is 14.7. The van der Waals surface area contributed by atoms with Crippen molar-refractivity contribution < 1.29 is 8.42 Å². The Balaban J connectivity index is 1.33. The molecule has 1 atom stereocenters. The Labute approximate surface area is 226 Å². The molecule has 4 aromatic rings. The average molecular weight is 526 g/mol. The van der Waals surface area contributed by atoms with Gasteiger partial charge < -0.3 is 0 Å². The van der Waals surface area contributed by atoms with E-state index in [1.807, 2.05) is 37.3 Å². The van der Waals surface area contributed by atoms with Gasteiger partial charge in [0.1, 0.15) is 0 Å². The molecule has 1 fully saturated rings. The third-order valence-corrected chi connectivity index (χ3v) is 8.81. The lowest BCUT2D eigenvalue weighted by molar-refractivity contribution is 0.0796. The third-order valence-electron chi connectivity index (χ3n) is 7.37. The Hall–Kier alpha value is -3.29. The molecule has 0 radical (unpaired) electrons. The van der Waals surface area contributed by atoms with Crippen molar-refractivity contribution in [3.8, 4) is 0 Å². The second kappa shape index (κ2) is 12.0. The Bertz CT molecular complexity index is 1350. The van der Waals surface area contributed by atoms with Gasteiger partial charge in [-0.15, -0.1) is 0 Å². The van der Waals surface area contributed by atoms with E-state index >= 15 is 0 Å². The highest BCUT2D eigenvalue weighted by molar-refractivity contribution is 7.89. The summed E-state index contributed by atoms with van der Waals surface area (Å²) in [6.07, 6.45) is 0. The lowest BCUT2D eigenvalue weighted by Gasteiger charge is -2.43. The molecule has 38 heavy (non-hydrogen) atoms. The number of nitrogens with zero attached hydrogens (tertiary/aromatic N) is 2. The zero-order chi connectivity index (χ0) is 26.4. The Kier molecular flexibility index (Phi) is 8.35. The van der Waals surface area contributed by atoms with E-state index in [2.05, 4.69) is 87.3 Å². The highest BCUT2D eigenvalue weighted by Crippen LogP contribution is 2.31. The van der Waals surface area contributed by atoms with Crippen LogP contribution in [0.5, 0.6) is 0 Å². The fraction of sp³-hybridized carbons (Fsp3) is 0.250. The van der Waals surface area contributed by atoms with E-state index in [4.69, 9.17) is 0 Å². The maximum absolute atomic E-state index is 13.1. The van der Waals surface area contributed by atoms with E-state index in [9.17, 15) is 8.42 Å². The number of hydrogen-bond acceptors (Lipinski definition) is 4. The summed E-state index contributed by atoms with van der Waals surface area (Å²) in [7, 11) is -3.60. The Morgan fingerprint density at radius 2 is 1.08 bits per heavy atom. The first-order chi connectivity index (χ1) is 18.5. The molecular weight excluding hydrogens is 490 g/mol. The smallest absolute Gasteiger partial charge is 0.240 e. The van der Waals surface area contributed by atoms with E-state index in [1.165, 1.54) is 11.1 Å². The molecule has 1 saturated heterocycles. The molecule has 0 aliphatic carbocycles. The van der Waals surface area contributed by atoms with Gasteiger partial charge in [0.15, 0.2) is 0 Å². The molecule has 0 saturated carbocycles. The van der Waals surface area contributed by atoms with Crippen molar-refractivity contribution in [2.45, 2.75) is 23.9 Å². The predicted molar refractivity (Wildman–Crippen MR) is 153 cm³/mol. The van der Waals surface area contributed by atoms with Gasteiger partial charge in [-0.25, -0.2) is 13.1 Å². The van der Waals surface area contributed by atoms with Crippen molar-refractivity contribution in [3.05, 3.63) is 138 Å². The molecule has 5 rings (SSSR count). The minimum absolute atomic E-state index is 0.0505. The summed E-state index contributed by atoms with van der Waals surface area (Å²) in [5.74, 6) is 0. The standard InChI is InChI=1S/C32H35N3O2S/c1-26-17-19-30(20-18-26)38(36,37)33-25-31(27-11-5-2-6-12-27)34-21-23-35(24-22-34)32(28-13-7-3-8-14-28)29-15-9-4-10-16-29/h2-20,31-33H,21-25H2,1H3. The van der Waals surface area contributed by atoms with Gasteiger partial charge in [-0.2, -0.15) is 0 Å². The van der Waals surface area contributed by atoms with Gasteiger partial charge in [0.25, 0.3) is 0 Å². The Morgan fingerprint density at radius 3 is 1.58 bits per heavy atom. The van der Waals surface area contributed by atoms with Crippen LogP contribution < -0.4 is 4.72 Å². The van der Waals surface area contributed by atoms with Gasteiger partial charge in [-0.3, -0.25) is 9.80 Å². The average Bonchev–Trinajstić information content (AvgIpc) is 2.96. The molecule has 1 aliphatic rings. The number of aryl methyl sites for hydroxylation is 1. The van der Waals surface area contributed by atoms with Crippen LogP contribution in [0, 0.1) is 6.92 Å². The maximum atomic E-state index is 13.1. The number of hydrogen-bond donors (Lipinski definition) is 1. The van der Waals surface area contributed by atoms with Gasteiger partial charge in [-0.05, 0) is 35.7 Å². The molecule has 1 aliphatic heterocycles. The number of benzene rings is 4. The molecule has 1 heterocycles. The van der Waals surface area contributed by atoms with Crippen LogP contribution in [-0.2, 0) is 10.0 Å². The lowest BCUT2D eigenvalue weighted by atomic mass is 9.96.